The molecule has 1 saturated heterocycles. The average molecular weight is 267 g/mol. The molecule has 0 bridgehead atoms. The fourth-order valence-corrected chi connectivity index (χ4v) is 1.99. The normalized spacial score (nSPS) is 21.2. The maximum absolute atomic E-state index is 10.7. The highest BCUT2D eigenvalue weighted by molar-refractivity contribution is 5.58. The number of nitrogens with two attached hydrogens (primary N) is 2. The second-order valence-corrected chi connectivity index (χ2v) is 4.55. The van der Waals surface area contributed by atoms with Crippen LogP contribution in [0.15, 0.2) is 12.1 Å². The lowest BCUT2D eigenvalue weighted by molar-refractivity contribution is -0.384. The van der Waals surface area contributed by atoms with Gasteiger partial charge in [0.15, 0.2) is 0 Å². The van der Waals surface area contributed by atoms with E-state index in [1.807, 2.05) is 11.8 Å². The summed E-state index contributed by atoms with van der Waals surface area (Å²) in [5, 5.41) is 10.7. The van der Waals surface area contributed by atoms with Gasteiger partial charge in [-0.05, 0) is 13.0 Å². The topological polar surface area (TPSA) is 121 Å². The number of nitrogen functional groups attached to an aromatic ring is 1. The Hall–Kier alpha value is -1.93. The molecule has 0 radical (unpaired) electrons. The van der Waals surface area contributed by atoms with Crippen molar-refractivity contribution in [3.63, 3.8) is 0 Å². The molecule has 2 unspecified atom stereocenters. The van der Waals surface area contributed by atoms with Crippen molar-refractivity contribution in [2.24, 2.45) is 5.73 Å². The summed E-state index contributed by atoms with van der Waals surface area (Å²) in [6.07, 6.45) is -0.0769. The smallest absolute Gasteiger partial charge is 0.311 e. The number of hydrogen-bond acceptors (Lipinski definition) is 7. The Morgan fingerprint density at radius 2 is 2.37 bits per heavy atom. The SMILES string of the molecule is CC(N)C1CN(c2ccc([N+](=O)[O-])c(N)n2)CCO1. The number of nitro groups is 1. The quantitative estimate of drug-likeness (QED) is 0.589. The van der Waals surface area contributed by atoms with Gasteiger partial charge in [-0.2, -0.15) is 0 Å². The Labute approximate surface area is 110 Å². The molecular formula is C11H17N5O3. The van der Waals surface area contributed by atoms with E-state index < -0.39 is 4.92 Å². The zero-order valence-corrected chi connectivity index (χ0v) is 10.7. The minimum absolute atomic E-state index is 0.0769. The van der Waals surface area contributed by atoms with Gasteiger partial charge in [-0.1, -0.05) is 0 Å². The maximum Gasteiger partial charge on any atom is 0.311 e. The maximum atomic E-state index is 10.7. The number of rotatable bonds is 3. The van der Waals surface area contributed by atoms with Gasteiger partial charge < -0.3 is 21.1 Å². The van der Waals surface area contributed by atoms with E-state index in [2.05, 4.69) is 4.98 Å². The predicted octanol–water partition coefficient (Wildman–Crippen LogP) is 0.124. The third kappa shape index (κ3) is 2.91. The first-order chi connectivity index (χ1) is 8.99. The summed E-state index contributed by atoms with van der Waals surface area (Å²) in [5.41, 5.74) is 11.2. The molecule has 0 saturated carbocycles. The highest BCUT2D eigenvalue weighted by Gasteiger charge is 2.25. The molecule has 8 heteroatoms. The second kappa shape index (κ2) is 5.37. The number of hydrogen-bond donors (Lipinski definition) is 2. The van der Waals surface area contributed by atoms with Crippen LogP contribution in [-0.4, -0.2) is 41.7 Å². The van der Waals surface area contributed by atoms with Crippen molar-refractivity contribution >= 4 is 17.3 Å². The molecule has 1 aliphatic heterocycles. The van der Waals surface area contributed by atoms with Gasteiger partial charge in [-0.25, -0.2) is 4.98 Å². The number of anilines is 2. The minimum atomic E-state index is -0.545. The first-order valence-electron chi connectivity index (χ1n) is 6.02. The van der Waals surface area contributed by atoms with E-state index in [0.29, 0.717) is 25.5 Å². The Morgan fingerprint density at radius 1 is 1.63 bits per heavy atom. The summed E-state index contributed by atoms with van der Waals surface area (Å²) < 4.78 is 5.55. The largest absolute Gasteiger partial charge is 0.378 e. The molecule has 104 valence electrons. The van der Waals surface area contributed by atoms with Crippen LogP contribution >= 0.6 is 0 Å². The molecule has 1 aromatic heterocycles. The number of nitrogens with zero attached hydrogens (tertiary/aromatic N) is 3. The number of aromatic nitrogens is 1. The summed E-state index contributed by atoms with van der Waals surface area (Å²) in [6.45, 7) is 3.69. The van der Waals surface area contributed by atoms with Crippen LogP contribution in [0.1, 0.15) is 6.92 Å². The lowest BCUT2D eigenvalue weighted by Gasteiger charge is -2.35. The molecular weight excluding hydrogens is 250 g/mol. The molecule has 8 nitrogen and oxygen atoms in total. The van der Waals surface area contributed by atoms with Crippen molar-refractivity contribution in [1.29, 1.82) is 0 Å². The van der Waals surface area contributed by atoms with Gasteiger partial charge in [0.25, 0.3) is 0 Å². The van der Waals surface area contributed by atoms with Crippen LogP contribution in [0, 0.1) is 10.1 Å². The Kier molecular flexibility index (Phi) is 3.82. The van der Waals surface area contributed by atoms with E-state index in [4.69, 9.17) is 16.2 Å². The molecule has 19 heavy (non-hydrogen) atoms. The van der Waals surface area contributed by atoms with Gasteiger partial charge in [0.1, 0.15) is 5.82 Å². The zero-order valence-electron chi connectivity index (χ0n) is 10.7. The highest BCUT2D eigenvalue weighted by Crippen LogP contribution is 2.24. The van der Waals surface area contributed by atoms with E-state index in [0.717, 1.165) is 0 Å². The lowest BCUT2D eigenvalue weighted by Crippen LogP contribution is -2.49. The summed E-state index contributed by atoms with van der Waals surface area (Å²) in [5.74, 6) is 0.531. The van der Waals surface area contributed by atoms with E-state index in [1.165, 1.54) is 6.07 Å². The summed E-state index contributed by atoms with van der Waals surface area (Å²) >= 11 is 0. The van der Waals surface area contributed by atoms with Gasteiger partial charge in [0.2, 0.25) is 5.82 Å². The van der Waals surface area contributed by atoms with Crippen LogP contribution in [0.5, 0.6) is 0 Å². The van der Waals surface area contributed by atoms with E-state index >= 15 is 0 Å². The molecule has 4 N–H and O–H groups in total. The van der Waals surface area contributed by atoms with Crippen LogP contribution in [-0.2, 0) is 4.74 Å². The van der Waals surface area contributed by atoms with Crippen molar-refractivity contribution in [3.8, 4) is 0 Å². The molecule has 2 atom stereocenters. The Balaban J connectivity index is 2.18. The standard InChI is InChI=1S/C11H17N5O3/c1-7(12)9-6-15(4-5-19-9)10-3-2-8(16(17)18)11(13)14-10/h2-3,7,9H,4-6,12H2,1H3,(H2,13,14). The molecule has 2 heterocycles. The number of morpholine rings is 1. The van der Waals surface area contributed by atoms with Crippen molar-refractivity contribution < 1.29 is 9.66 Å². The van der Waals surface area contributed by atoms with Crippen LogP contribution in [0.25, 0.3) is 0 Å². The van der Waals surface area contributed by atoms with Gasteiger partial charge in [-0.3, -0.25) is 10.1 Å². The van der Waals surface area contributed by atoms with Crippen LogP contribution in [0.2, 0.25) is 0 Å². The van der Waals surface area contributed by atoms with Crippen molar-refractivity contribution in [2.75, 3.05) is 30.3 Å². The Morgan fingerprint density at radius 3 is 2.95 bits per heavy atom. The molecule has 2 rings (SSSR count). The number of pyridine rings is 1. The third-order valence-corrected chi connectivity index (χ3v) is 3.09. The summed E-state index contributed by atoms with van der Waals surface area (Å²) in [6, 6.07) is 2.88. The zero-order chi connectivity index (χ0) is 14.0. The van der Waals surface area contributed by atoms with E-state index in [1.54, 1.807) is 6.07 Å². The minimum Gasteiger partial charge on any atom is -0.378 e. The summed E-state index contributed by atoms with van der Waals surface area (Å²) in [7, 11) is 0. The average Bonchev–Trinajstić information content (AvgIpc) is 2.38. The molecule has 0 amide bonds. The van der Waals surface area contributed by atoms with Gasteiger partial charge in [-0.15, -0.1) is 0 Å². The van der Waals surface area contributed by atoms with Gasteiger partial charge in [0.05, 0.1) is 17.6 Å². The molecule has 1 fully saturated rings. The molecule has 0 aromatic carbocycles. The van der Waals surface area contributed by atoms with Gasteiger partial charge in [0, 0.05) is 25.2 Å². The number of ether oxygens (including phenoxy) is 1. The van der Waals surface area contributed by atoms with Crippen LogP contribution < -0.4 is 16.4 Å². The van der Waals surface area contributed by atoms with Crippen molar-refractivity contribution in [3.05, 3.63) is 22.2 Å². The predicted molar refractivity (Wildman–Crippen MR) is 70.9 cm³/mol. The first-order valence-corrected chi connectivity index (χ1v) is 6.02. The fraction of sp³-hybridized carbons (Fsp3) is 0.545. The van der Waals surface area contributed by atoms with Crippen molar-refractivity contribution in [2.45, 2.75) is 19.1 Å². The Bertz CT molecular complexity index is 479. The lowest BCUT2D eigenvalue weighted by atomic mass is 10.1. The van der Waals surface area contributed by atoms with E-state index in [-0.39, 0.29) is 23.7 Å². The first kappa shape index (κ1) is 13.5. The van der Waals surface area contributed by atoms with E-state index in [9.17, 15) is 10.1 Å². The molecule has 0 spiro atoms. The van der Waals surface area contributed by atoms with Crippen molar-refractivity contribution in [1.82, 2.24) is 4.98 Å². The molecule has 0 aliphatic carbocycles. The second-order valence-electron chi connectivity index (χ2n) is 4.55. The van der Waals surface area contributed by atoms with Gasteiger partial charge >= 0.3 is 5.69 Å². The summed E-state index contributed by atoms with van der Waals surface area (Å²) in [4.78, 5) is 16.2. The molecule has 1 aliphatic rings. The fourth-order valence-electron chi connectivity index (χ4n) is 1.99. The van der Waals surface area contributed by atoms with Crippen LogP contribution in [0.4, 0.5) is 17.3 Å². The monoisotopic (exact) mass is 267 g/mol. The third-order valence-electron chi connectivity index (χ3n) is 3.09. The highest BCUT2D eigenvalue weighted by atomic mass is 16.6. The van der Waals surface area contributed by atoms with Crippen LogP contribution in [0.3, 0.4) is 0 Å². The molecule has 1 aromatic rings.